The largest absolute Gasteiger partial charge is 0.497 e. The van der Waals surface area contributed by atoms with Gasteiger partial charge in [0.05, 0.1) is 39.9 Å². The molecule has 174 valence electrons. The van der Waals surface area contributed by atoms with E-state index < -0.39 is 27.4 Å². The van der Waals surface area contributed by atoms with Gasteiger partial charge in [0.15, 0.2) is 0 Å². The molecule has 0 spiro atoms. The molecule has 1 unspecified atom stereocenters. The molecule has 0 saturated carbocycles. The van der Waals surface area contributed by atoms with E-state index >= 15 is 0 Å². The number of ether oxygens (including phenoxy) is 1. The van der Waals surface area contributed by atoms with Crippen molar-refractivity contribution in [3.8, 4) is 5.75 Å². The Morgan fingerprint density at radius 2 is 1.74 bits per heavy atom. The number of hydrogen-bond acceptors (Lipinski definition) is 7. The molecule has 0 saturated heterocycles. The van der Waals surface area contributed by atoms with Crippen LogP contribution in [0.25, 0.3) is 0 Å². The standard InChI is InChI=1S/C21H15Cl2N4O5PS/c1-32-15-4-6-16(7-5-15)33(34)12-19(17-8-2-13(22)10-18(17)23)24-25(33)20-9-3-14(26(28)29)11-21(20)27(30)31/h2-11H,12H2,1H3. The Hall–Kier alpha value is -3.04. The molecule has 1 heterocycles. The third-order valence-electron chi connectivity index (χ3n) is 5.19. The van der Waals surface area contributed by atoms with Crippen molar-refractivity contribution in [3.05, 3.63) is 96.5 Å². The van der Waals surface area contributed by atoms with Gasteiger partial charge in [-0.05, 0) is 42.5 Å². The zero-order chi connectivity index (χ0) is 24.6. The first kappa shape index (κ1) is 24.1. The lowest BCUT2D eigenvalue weighted by Gasteiger charge is -2.27. The summed E-state index contributed by atoms with van der Waals surface area (Å²) in [7, 11) is 1.54. The van der Waals surface area contributed by atoms with E-state index in [1.807, 2.05) is 0 Å². The molecule has 1 aliphatic rings. The van der Waals surface area contributed by atoms with Gasteiger partial charge in [0.2, 0.25) is 0 Å². The van der Waals surface area contributed by atoms with E-state index in [4.69, 9.17) is 39.7 Å². The van der Waals surface area contributed by atoms with Crippen molar-refractivity contribution in [2.45, 2.75) is 0 Å². The fourth-order valence-electron chi connectivity index (χ4n) is 3.54. The summed E-state index contributed by atoms with van der Waals surface area (Å²) in [6.07, 6.45) is -2.52. The molecule has 4 rings (SSSR count). The van der Waals surface area contributed by atoms with Gasteiger partial charge in [-0.1, -0.05) is 41.1 Å². The minimum absolute atomic E-state index is 0.0647. The summed E-state index contributed by atoms with van der Waals surface area (Å²) in [5.41, 5.74) is 0.325. The maximum absolute atomic E-state index is 11.9. The fraction of sp³-hybridized carbons (Fsp3) is 0.0952. The Bertz CT molecular complexity index is 1400. The van der Waals surface area contributed by atoms with Crippen LogP contribution < -0.4 is 14.8 Å². The second-order valence-electron chi connectivity index (χ2n) is 7.21. The molecule has 9 nitrogen and oxygen atoms in total. The highest BCUT2D eigenvalue weighted by atomic mass is 35.5. The van der Waals surface area contributed by atoms with E-state index in [2.05, 4.69) is 5.10 Å². The predicted molar refractivity (Wildman–Crippen MR) is 137 cm³/mol. The molecule has 0 aromatic heterocycles. The van der Waals surface area contributed by atoms with E-state index in [1.165, 1.54) is 16.9 Å². The van der Waals surface area contributed by atoms with Crippen molar-refractivity contribution < 1.29 is 14.6 Å². The smallest absolute Gasteiger partial charge is 0.301 e. The molecule has 13 heteroatoms. The van der Waals surface area contributed by atoms with Crippen LogP contribution >= 0.6 is 29.4 Å². The first-order valence-corrected chi connectivity index (χ1v) is 13.3. The van der Waals surface area contributed by atoms with Crippen LogP contribution in [0.2, 0.25) is 10.0 Å². The van der Waals surface area contributed by atoms with Crippen LogP contribution in [0, 0.1) is 20.2 Å². The summed E-state index contributed by atoms with van der Waals surface area (Å²) in [4.78, 5) is 21.7. The second-order valence-corrected chi connectivity index (χ2v) is 12.5. The van der Waals surface area contributed by atoms with Gasteiger partial charge in [0, 0.05) is 28.1 Å². The van der Waals surface area contributed by atoms with E-state index in [0.29, 0.717) is 27.1 Å². The zero-order valence-electron chi connectivity index (χ0n) is 17.4. The van der Waals surface area contributed by atoms with Gasteiger partial charge < -0.3 is 4.74 Å². The number of methoxy groups -OCH3 is 1. The molecule has 0 amide bonds. The summed E-state index contributed by atoms with van der Waals surface area (Å²) in [5.74, 6) is 0.624. The van der Waals surface area contributed by atoms with Crippen molar-refractivity contribution in [1.82, 2.24) is 0 Å². The van der Waals surface area contributed by atoms with Gasteiger partial charge in [-0.15, -0.1) is 0 Å². The quantitative estimate of drug-likeness (QED) is 0.223. The number of nitro benzene ring substituents is 2. The number of nitrogens with zero attached hydrogens (tertiary/aromatic N) is 4. The van der Waals surface area contributed by atoms with Crippen LogP contribution in [0.1, 0.15) is 5.56 Å². The SMILES string of the molecule is COc1ccc(P2(=S)CC(c3ccc(Cl)cc3Cl)=NN2c2ccc([N+](=O)[O-])cc2[N+](=O)[O-])cc1. The Labute approximate surface area is 208 Å². The predicted octanol–water partition coefficient (Wildman–Crippen LogP) is 5.76. The van der Waals surface area contributed by atoms with Gasteiger partial charge in [-0.3, -0.25) is 20.2 Å². The lowest BCUT2D eigenvalue weighted by atomic mass is 10.1. The lowest BCUT2D eigenvalue weighted by molar-refractivity contribution is -0.393. The molecule has 3 aromatic carbocycles. The number of non-ortho nitro benzene ring substituents is 1. The normalized spacial score (nSPS) is 17.4. The summed E-state index contributed by atoms with van der Waals surface area (Å²) < 4.78 is 6.68. The first-order chi connectivity index (χ1) is 16.1. The number of hydrazone groups is 1. The molecule has 0 bridgehead atoms. The number of halogens is 2. The highest BCUT2D eigenvalue weighted by molar-refractivity contribution is 8.19. The van der Waals surface area contributed by atoms with Gasteiger partial charge >= 0.3 is 5.69 Å². The monoisotopic (exact) mass is 536 g/mol. The number of benzene rings is 3. The fourth-order valence-corrected chi connectivity index (χ4v) is 7.72. The van der Waals surface area contributed by atoms with Crippen LogP contribution in [0.3, 0.4) is 0 Å². The Kier molecular flexibility index (Phi) is 6.60. The van der Waals surface area contributed by atoms with Gasteiger partial charge in [0.1, 0.15) is 11.4 Å². The molecule has 0 fully saturated rings. The van der Waals surface area contributed by atoms with Crippen LogP contribution in [0.15, 0.2) is 65.8 Å². The van der Waals surface area contributed by atoms with Crippen molar-refractivity contribution in [2.75, 3.05) is 18.1 Å². The van der Waals surface area contributed by atoms with Crippen molar-refractivity contribution in [3.63, 3.8) is 0 Å². The van der Waals surface area contributed by atoms with Gasteiger partial charge in [0.25, 0.3) is 5.69 Å². The molecule has 1 atom stereocenters. The Balaban J connectivity index is 1.92. The Morgan fingerprint density at radius 1 is 1.03 bits per heavy atom. The molecule has 3 aromatic rings. The summed E-state index contributed by atoms with van der Waals surface area (Å²) >= 11 is 18.6. The maximum Gasteiger partial charge on any atom is 0.301 e. The van der Waals surface area contributed by atoms with Gasteiger partial charge in [-0.25, -0.2) is 4.78 Å². The van der Waals surface area contributed by atoms with Gasteiger partial charge in [-0.2, -0.15) is 5.10 Å². The second kappa shape index (κ2) is 9.31. The minimum Gasteiger partial charge on any atom is -0.497 e. The highest BCUT2D eigenvalue weighted by Crippen LogP contribution is 2.58. The van der Waals surface area contributed by atoms with Crippen LogP contribution in [0.4, 0.5) is 17.1 Å². The van der Waals surface area contributed by atoms with E-state index in [9.17, 15) is 20.2 Å². The molecular weight excluding hydrogens is 522 g/mol. The molecule has 0 aliphatic carbocycles. The molecule has 0 N–H and O–H groups in total. The third-order valence-corrected chi connectivity index (χ3v) is 9.97. The van der Waals surface area contributed by atoms with Crippen molar-refractivity contribution in [2.24, 2.45) is 5.10 Å². The number of rotatable bonds is 6. The first-order valence-electron chi connectivity index (χ1n) is 9.64. The van der Waals surface area contributed by atoms with E-state index in [0.717, 1.165) is 11.4 Å². The lowest BCUT2D eigenvalue weighted by Crippen LogP contribution is -2.20. The van der Waals surface area contributed by atoms with E-state index in [-0.39, 0.29) is 11.8 Å². The van der Waals surface area contributed by atoms with E-state index in [1.54, 1.807) is 49.6 Å². The third kappa shape index (κ3) is 4.37. The number of hydrogen-bond donors (Lipinski definition) is 0. The number of nitro groups is 2. The topological polar surface area (TPSA) is 111 Å². The molecule has 0 radical (unpaired) electrons. The molecular formula is C21H15Cl2N4O5PS. The molecule has 34 heavy (non-hydrogen) atoms. The zero-order valence-corrected chi connectivity index (χ0v) is 20.6. The van der Waals surface area contributed by atoms with Crippen LogP contribution in [-0.4, -0.2) is 28.8 Å². The molecule has 1 aliphatic heterocycles. The Morgan fingerprint density at radius 3 is 2.32 bits per heavy atom. The van der Waals surface area contributed by atoms with Crippen LogP contribution in [-0.2, 0) is 11.8 Å². The minimum atomic E-state index is -2.80. The highest BCUT2D eigenvalue weighted by Gasteiger charge is 2.40. The summed E-state index contributed by atoms with van der Waals surface area (Å²) in [6.45, 7) is 0. The van der Waals surface area contributed by atoms with Crippen molar-refractivity contribution in [1.29, 1.82) is 0 Å². The number of anilines is 1. The summed E-state index contributed by atoms with van der Waals surface area (Å²) in [5, 5.41) is 29.3. The summed E-state index contributed by atoms with van der Waals surface area (Å²) in [6, 6.07) is 15.5. The van der Waals surface area contributed by atoms with Crippen molar-refractivity contribution >= 4 is 69.3 Å². The average Bonchev–Trinajstić information content (AvgIpc) is 3.16. The average molecular weight is 537 g/mol. The maximum atomic E-state index is 11.9. The van der Waals surface area contributed by atoms with Crippen LogP contribution in [0.5, 0.6) is 5.75 Å².